The van der Waals surface area contributed by atoms with Crippen LogP contribution in [0.25, 0.3) is 17.0 Å². The number of rotatable bonds is 4. The molecule has 0 amide bonds. The Morgan fingerprint density at radius 3 is 2.74 bits per heavy atom. The number of para-hydroxylation sites is 1. The number of aliphatic carboxylic acids is 1. The molecule has 0 unspecified atom stereocenters. The summed E-state index contributed by atoms with van der Waals surface area (Å²) in [4.78, 5) is 10.7. The van der Waals surface area contributed by atoms with Crippen molar-refractivity contribution in [3.8, 4) is 0 Å². The predicted molar refractivity (Wildman–Crippen MR) is 74.7 cm³/mol. The third-order valence-corrected chi connectivity index (χ3v) is 2.93. The van der Waals surface area contributed by atoms with Crippen LogP contribution < -0.4 is 0 Å². The van der Waals surface area contributed by atoms with Crippen LogP contribution in [0, 0.1) is 0 Å². The summed E-state index contributed by atoms with van der Waals surface area (Å²) in [6, 6.07) is 10.1. The Morgan fingerprint density at radius 1 is 1.37 bits per heavy atom. The van der Waals surface area contributed by atoms with Gasteiger partial charge in [-0.05, 0) is 24.3 Å². The van der Waals surface area contributed by atoms with Crippen molar-refractivity contribution in [1.82, 2.24) is 4.57 Å². The van der Waals surface area contributed by atoms with Gasteiger partial charge in [0.2, 0.25) is 5.76 Å². The van der Waals surface area contributed by atoms with Crippen LogP contribution in [0.15, 0.2) is 48.2 Å². The van der Waals surface area contributed by atoms with Gasteiger partial charge in [-0.1, -0.05) is 24.3 Å². The molecule has 4 heteroatoms. The number of hydrogen-bond acceptors (Lipinski definition) is 2. The maximum absolute atomic E-state index is 10.7. The van der Waals surface area contributed by atoms with Crippen molar-refractivity contribution in [3.05, 3.63) is 53.9 Å². The molecule has 1 heterocycles. The van der Waals surface area contributed by atoms with Gasteiger partial charge in [0.25, 0.3) is 0 Å². The molecule has 98 valence electrons. The summed E-state index contributed by atoms with van der Waals surface area (Å²) in [5.74, 6) is -1.17. The first-order valence-electron chi connectivity index (χ1n) is 5.83. The van der Waals surface area contributed by atoms with Crippen molar-refractivity contribution in [1.29, 1.82) is 0 Å². The largest absolute Gasteiger partial charge is 0.490 e. The van der Waals surface area contributed by atoms with Gasteiger partial charge in [0, 0.05) is 23.6 Å². The van der Waals surface area contributed by atoms with Crippen molar-refractivity contribution in [2.45, 2.75) is 0 Å². The average molecular weight is 257 g/mol. The molecule has 0 aliphatic heterocycles. The van der Waals surface area contributed by atoms with Crippen LogP contribution in [0.2, 0.25) is 0 Å². The molecular weight excluding hydrogens is 242 g/mol. The van der Waals surface area contributed by atoms with Crippen molar-refractivity contribution in [2.24, 2.45) is 7.05 Å². The van der Waals surface area contributed by atoms with E-state index in [4.69, 9.17) is 9.84 Å². The number of allylic oxidation sites excluding steroid dienone is 2. The molecule has 0 saturated heterocycles. The molecule has 0 fully saturated rings. The molecule has 2 rings (SSSR count). The minimum atomic E-state index is -1.08. The van der Waals surface area contributed by atoms with Crippen LogP contribution in [0.5, 0.6) is 0 Å². The molecule has 0 spiro atoms. The number of aryl methyl sites for hydroxylation is 1. The van der Waals surface area contributed by atoms with Gasteiger partial charge in [-0.2, -0.15) is 0 Å². The van der Waals surface area contributed by atoms with E-state index in [1.54, 1.807) is 6.08 Å². The highest BCUT2D eigenvalue weighted by molar-refractivity contribution is 5.85. The fourth-order valence-corrected chi connectivity index (χ4v) is 1.93. The maximum Gasteiger partial charge on any atom is 0.371 e. The van der Waals surface area contributed by atoms with Crippen LogP contribution >= 0.6 is 0 Å². The number of nitrogens with zero attached hydrogens (tertiary/aromatic N) is 1. The SMILES string of the molecule is CO/C(=C/C=C/c1cc2ccccc2n1C)C(=O)O. The number of benzene rings is 1. The number of carboxylic acids is 1. The number of carbonyl (C=O) groups is 1. The first kappa shape index (κ1) is 13.0. The Hall–Kier alpha value is -2.49. The molecule has 0 radical (unpaired) electrons. The van der Waals surface area contributed by atoms with Crippen LogP contribution in [-0.2, 0) is 16.6 Å². The standard InChI is InChI=1S/C15H15NO3/c1-16-12(7-5-9-14(19-2)15(17)18)10-11-6-3-4-8-13(11)16/h3-10H,1-2H3,(H,17,18)/b7-5+,14-9+. The van der Waals surface area contributed by atoms with Gasteiger partial charge in [0.15, 0.2) is 0 Å². The van der Waals surface area contributed by atoms with E-state index in [9.17, 15) is 4.79 Å². The summed E-state index contributed by atoms with van der Waals surface area (Å²) in [5, 5.41) is 9.96. The molecule has 0 aliphatic rings. The van der Waals surface area contributed by atoms with E-state index < -0.39 is 5.97 Å². The Kier molecular flexibility index (Phi) is 3.71. The topological polar surface area (TPSA) is 51.5 Å². The molecule has 0 atom stereocenters. The zero-order chi connectivity index (χ0) is 13.8. The quantitative estimate of drug-likeness (QED) is 0.520. The predicted octanol–water partition coefficient (Wildman–Crippen LogP) is 2.81. The van der Waals surface area contributed by atoms with Gasteiger partial charge in [0.05, 0.1) is 7.11 Å². The van der Waals surface area contributed by atoms with Gasteiger partial charge >= 0.3 is 5.97 Å². The molecule has 1 aromatic carbocycles. The van der Waals surface area contributed by atoms with E-state index in [0.717, 1.165) is 16.6 Å². The summed E-state index contributed by atoms with van der Waals surface area (Å²) in [5.41, 5.74) is 2.13. The first-order valence-corrected chi connectivity index (χ1v) is 5.83. The highest BCUT2D eigenvalue weighted by Gasteiger charge is 2.04. The Balaban J connectivity index is 2.31. The monoisotopic (exact) mass is 257 g/mol. The second-order valence-corrected chi connectivity index (χ2v) is 4.09. The summed E-state index contributed by atoms with van der Waals surface area (Å²) in [6.45, 7) is 0. The summed E-state index contributed by atoms with van der Waals surface area (Å²) >= 11 is 0. The molecule has 1 aromatic heterocycles. The number of fused-ring (bicyclic) bond motifs is 1. The number of carboxylic acid groups (broad SMARTS) is 1. The lowest BCUT2D eigenvalue weighted by Crippen LogP contribution is -2.01. The molecule has 1 N–H and O–H groups in total. The normalized spacial score (nSPS) is 12.2. The highest BCUT2D eigenvalue weighted by atomic mass is 16.5. The minimum absolute atomic E-state index is 0.0879. The first-order chi connectivity index (χ1) is 9.13. The van der Waals surface area contributed by atoms with Gasteiger partial charge in [0.1, 0.15) is 0 Å². The molecule has 2 aromatic rings. The second kappa shape index (κ2) is 5.44. The average Bonchev–Trinajstić information content (AvgIpc) is 2.72. The Bertz CT molecular complexity index is 665. The van der Waals surface area contributed by atoms with Crippen molar-refractivity contribution < 1.29 is 14.6 Å². The maximum atomic E-state index is 10.7. The van der Waals surface area contributed by atoms with Gasteiger partial charge in [-0.3, -0.25) is 0 Å². The molecule has 0 saturated carbocycles. The molecular formula is C15H15NO3. The number of methoxy groups -OCH3 is 1. The second-order valence-electron chi connectivity index (χ2n) is 4.09. The summed E-state index contributed by atoms with van der Waals surface area (Å²) < 4.78 is 6.79. The van der Waals surface area contributed by atoms with Crippen LogP contribution in [0.4, 0.5) is 0 Å². The lowest BCUT2D eigenvalue weighted by Gasteiger charge is -1.99. The van der Waals surface area contributed by atoms with E-state index in [1.165, 1.54) is 13.2 Å². The van der Waals surface area contributed by atoms with Gasteiger partial charge in [-0.25, -0.2) is 4.79 Å². The minimum Gasteiger partial charge on any atom is -0.490 e. The van der Waals surface area contributed by atoms with Gasteiger partial charge < -0.3 is 14.4 Å². The van der Waals surface area contributed by atoms with Crippen LogP contribution in [-0.4, -0.2) is 22.8 Å². The Morgan fingerprint density at radius 2 is 2.11 bits per heavy atom. The van der Waals surface area contributed by atoms with Crippen LogP contribution in [0.1, 0.15) is 5.69 Å². The molecule has 4 nitrogen and oxygen atoms in total. The van der Waals surface area contributed by atoms with E-state index in [-0.39, 0.29) is 5.76 Å². The molecule has 19 heavy (non-hydrogen) atoms. The van der Waals surface area contributed by atoms with E-state index in [1.807, 2.05) is 48.0 Å². The third kappa shape index (κ3) is 2.68. The van der Waals surface area contributed by atoms with E-state index in [0.29, 0.717) is 0 Å². The smallest absolute Gasteiger partial charge is 0.371 e. The number of ether oxygens (including phenoxy) is 1. The lowest BCUT2D eigenvalue weighted by atomic mass is 10.2. The number of aromatic nitrogens is 1. The van der Waals surface area contributed by atoms with Crippen molar-refractivity contribution >= 4 is 22.9 Å². The molecule has 0 bridgehead atoms. The zero-order valence-corrected chi connectivity index (χ0v) is 10.8. The highest BCUT2D eigenvalue weighted by Crippen LogP contribution is 2.19. The fourth-order valence-electron chi connectivity index (χ4n) is 1.93. The fraction of sp³-hybridized carbons (Fsp3) is 0.133. The van der Waals surface area contributed by atoms with Crippen molar-refractivity contribution in [3.63, 3.8) is 0 Å². The van der Waals surface area contributed by atoms with Gasteiger partial charge in [-0.15, -0.1) is 0 Å². The Labute approximate surface area is 111 Å². The van der Waals surface area contributed by atoms with Crippen molar-refractivity contribution in [2.75, 3.05) is 7.11 Å². The summed E-state index contributed by atoms with van der Waals surface area (Å²) in [7, 11) is 3.31. The zero-order valence-electron chi connectivity index (χ0n) is 10.8. The summed E-state index contributed by atoms with van der Waals surface area (Å²) in [6.07, 6.45) is 4.95. The lowest BCUT2D eigenvalue weighted by molar-refractivity contribution is -0.136. The third-order valence-electron chi connectivity index (χ3n) is 2.93. The van der Waals surface area contributed by atoms with E-state index >= 15 is 0 Å². The molecule has 0 aliphatic carbocycles. The van der Waals surface area contributed by atoms with E-state index in [2.05, 4.69) is 0 Å². The van der Waals surface area contributed by atoms with Crippen LogP contribution in [0.3, 0.4) is 0 Å². The number of hydrogen-bond donors (Lipinski definition) is 1.